The fraction of sp³-hybridized carbons (Fsp3) is 0.333. The fourth-order valence-electron chi connectivity index (χ4n) is 1.11. The molecular formula is C9H12FNO2S. The maximum atomic E-state index is 12.0. The summed E-state index contributed by atoms with van der Waals surface area (Å²) in [5.41, 5.74) is 0.861. The average Bonchev–Trinajstić information content (AvgIpc) is 2.18. The summed E-state index contributed by atoms with van der Waals surface area (Å²) in [5.74, 6) is 0. The Bertz CT molecular complexity index is 332. The molecule has 0 N–H and O–H groups in total. The Morgan fingerprint density at radius 2 is 1.86 bits per heavy atom. The van der Waals surface area contributed by atoms with E-state index in [0.29, 0.717) is 0 Å². The van der Waals surface area contributed by atoms with Crippen LogP contribution in [0.15, 0.2) is 30.3 Å². The molecule has 0 bridgehead atoms. The van der Waals surface area contributed by atoms with Crippen LogP contribution in [-0.2, 0) is 17.4 Å². The molecule has 1 aromatic carbocycles. The van der Waals surface area contributed by atoms with E-state index in [0.717, 1.165) is 9.87 Å². The molecule has 14 heavy (non-hydrogen) atoms. The Morgan fingerprint density at radius 1 is 1.21 bits per heavy atom. The van der Waals surface area contributed by atoms with Crippen molar-refractivity contribution in [1.82, 2.24) is 4.31 Å². The highest BCUT2D eigenvalue weighted by atomic mass is 32.2. The Labute approximate surface area is 84.2 Å². The highest BCUT2D eigenvalue weighted by Crippen LogP contribution is 2.03. The Morgan fingerprint density at radius 3 is 2.36 bits per heavy atom. The molecule has 0 atom stereocenters. The standard InChI is InChI=1S/C9H12FNO2S/c10-6-7-11(14(12)13)8-9-4-2-1-3-5-9/h1-5,14H,6-8H2. The number of alkyl halides is 1. The second-order valence-corrected chi connectivity index (χ2v) is 3.84. The molecule has 0 aliphatic heterocycles. The third-order valence-corrected chi connectivity index (χ3v) is 2.58. The molecule has 0 saturated heterocycles. The second-order valence-electron chi connectivity index (χ2n) is 2.80. The Hall–Kier alpha value is -0.940. The fourth-order valence-corrected chi connectivity index (χ4v) is 1.63. The van der Waals surface area contributed by atoms with Gasteiger partial charge in [0, 0.05) is 13.1 Å². The monoisotopic (exact) mass is 217 g/mol. The maximum Gasteiger partial charge on any atom is 0.204 e. The highest BCUT2D eigenvalue weighted by Gasteiger charge is 2.06. The quantitative estimate of drug-likeness (QED) is 0.747. The van der Waals surface area contributed by atoms with Crippen molar-refractivity contribution in [3.63, 3.8) is 0 Å². The minimum Gasteiger partial charge on any atom is -0.250 e. The van der Waals surface area contributed by atoms with Crippen LogP contribution in [0, 0.1) is 0 Å². The molecule has 78 valence electrons. The molecule has 0 amide bonds. The molecule has 0 aliphatic rings. The zero-order valence-corrected chi connectivity index (χ0v) is 8.49. The van der Waals surface area contributed by atoms with Crippen molar-refractivity contribution < 1.29 is 12.8 Å². The van der Waals surface area contributed by atoms with Crippen LogP contribution in [0.2, 0.25) is 0 Å². The van der Waals surface area contributed by atoms with E-state index < -0.39 is 17.6 Å². The second kappa shape index (κ2) is 5.72. The van der Waals surface area contributed by atoms with Gasteiger partial charge in [-0.25, -0.2) is 12.8 Å². The van der Waals surface area contributed by atoms with Crippen molar-refractivity contribution in [2.45, 2.75) is 6.54 Å². The molecule has 0 heterocycles. The summed E-state index contributed by atoms with van der Waals surface area (Å²) in [6.45, 7) is -0.493. The summed E-state index contributed by atoms with van der Waals surface area (Å²) in [4.78, 5) is 0. The number of halogens is 1. The van der Waals surface area contributed by atoms with Gasteiger partial charge >= 0.3 is 0 Å². The molecule has 1 aromatic rings. The Balaban J connectivity index is 2.65. The van der Waals surface area contributed by atoms with Gasteiger partial charge < -0.3 is 0 Å². The van der Waals surface area contributed by atoms with E-state index in [1.807, 2.05) is 30.3 Å². The smallest absolute Gasteiger partial charge is 0.204 e. The summed E-state index contributed by atoms with van der Waals surface area (Å²) in [6, 6.07) is 9.11. The number of rotatable bonds is 5. The molecular weight excluding hydrogens is 205 g/mol. The number of hydrogen-bond acceptors (Lipinski definition) is 2. The normalized spacial score (nSPS) is 11.1. The third-order valence-electron chi connectivity index (χ3n) is 1.78. The highest BCUT2D eigenvalue weighted by molar-refractivity contribution is 7.69. The predicted octanol–water partition coefficient (Wildman–Crippen LogP) is 0.985. The molecule has 0 saturated carbocycles. The van der Waals surface area contributed by atoms with E-state index in [1.54, 1.807) is 0 Å². The van der Waals surface area contributed by atoms with Crippen LogP contribution in [0.3, 0.4) is 0 Å². The van der Waals surface area contributed by atoms with Gasteiger partial charge in [0.25, 0.3) is 0 Å². The molecule has 0 spiro atoms. The van der Waals surface area contributed by atoms with Gasteiger partial charge in [-0.15, -0.1) is 0 Å². The zero-order chi connectivity index (χ0) is 10.4. The van der Waals surface area contributed by atoms with Crippen LogP contribution < -0.4 is 0 Å². The minimum absolute atomic E-state index is 0.0758. The molecule has 0 fully saturated rings. The third kappa shape index (κ3) is 3.43. The number of thiol groups is 1. The zero-order valence-electron chi connectivity index (χ0n) is 7.60. The van der Waals surface area contributed by atoms with Gasteiger partial charge in [-0.1, -0.05) is 30.3 Å². The SMILES string of the molecule is O=[SH](=O)N(CCF)Cc1ccccc1. The van der Waals surface area contributed by atoms with Crippen molar-refractivity contribution in [3.05, 3.63) is 35.9 Å². The summed E-state index contributed by atoms with van der Waals surface area (Å²) in [6.07, 6.45) is 0. The lowest BCUT2D eigenvalue weighted by atomic mass is 10.2. The first-order chi connectivity index (χ1) is 6.74. The first-order valence-corrected chi connectivity index (χ1v) is 5.36. The lowest BCUT2D eigenvalue weighted by molar-refractivity contribution is 0.361. The first-order valence-electron chi connectivity index (χ1n) is 4.23. The van der Waals surface area contributed by atoms with E-state index in [4.69, 9.17) is 0 Å². The molecule has 3 nitrogen and oxygen atoms in total. The topological polar surface area (TPSA) is 37.4 Å². The average molecular weight is 217 g/mol. The van der Waals surface area contributed by atoms with Gasteiger partial charge in [0.1, 0.15) is 6.67 Å². The van der Waals surface area contributed by atoms with Crippen LogP contribution in [0.5, 0.6) is 0 Å². The maximum absolute atomic E-state index is 12.0. The predicted molar refractivity (Wildman–Crippen MR) is 53.1 cm³/mol. The molecule has 0 radical (unpaired) electrons. The van der Waals surface area contributed by atoms with Gasteiger partial charge in [0.2, 0.25) is 10.9 Å². The van der Waals surface area contributed by atoms with Crippen molar-refractivity contribution in [1.29, 1.82) is 0 Å². The van der Waals surface area contributed by atoms with E-state index in [-0.39, 0.29) is 13.1 Å². The number of nitrogens with zero attached hydrogens (tertiary/aromatic N) is 1. The molecule has 0 unspecified atom stereocenters. The van der Waals surface area contributed by atoms with Crippen LogP contribution in [0.4, 0.5) is 4.39 Å². The van der Waals surface area contributed by atoms with E-state index in [1.165, 1.54) is 0 Å². The summed E-state index contributed by atoms with van der Waals surface area (Å²) < 4.78 is 34.5. The largest absolute Gasteiger partial charge is 0.250 e. The number of benzene rings is 1. The van der Waals surface area contributed by atoms with Gasteiger partial charge in [-0.3, -0.25) is 0 Å². The number of hydrogen-bond donors (Lipinski definition) is 1. The van der Waals surface area contributed by atoms with E-state index in [2.05, 4.69) is 0 Å². The minimum atomic E-state index is -2.70. The van der Waals surface area contributed by atoms with Gasteiger partial charge in [-0.2, -0.15) is 4.31 Å². The summed E-state index contributed by atoms with van der Waals surface area (Å²) in [5, 5.41) is 0. The van der Waals surface area contributed by atoms with Crippen molar-refractivity contribution in [2.75, 3.05) is 13.2 Å². The lowest BCUT2D eigenvalue weighted by Gasteiger charge is -2.12. The van der Waals surface area contributed by atoms with E-state index in [9.17, 15) is 12.8 Å². The van der Waals surface area contributed by atoms with Gasteiger partial charge in [0.15, 0.2) is 0 Å². The van der Waals surface area contributed by atoms with Crippen molar-refractivity contribution in [2.24, 2.45) is 0 Å². The summed E-state index contributed by atoms with van der Waals surface area (Å²) in [7, 11) is -2.70. The Kier molecular flexibility index (Phi) is 4.55. The molecule has 0 aromatic heterocycles. The molecule has 0 aliphatic carbocycles. The molecule has 1 rings (SSSR count). The van der Waals surface area contributed by atoms with E-state index >= 15 is 0 Å². The van der Waals surface area contributed by atoms with Crippen molar-refractivity contribution in [3.8, 4) is 0 Å². The molecule has 5 heteroatoms. The van der Waals surface area contributed by atoms with Crippen LogP contribution in [0.1, 0.15) is 5.56 Å². The van der Waals surface area contributed by atoms with Gasteiger partial charge in [0.05, 0.1) is 0 Å². The summed E-state index contributed by atoms with van der Waals surface area (Å²) >= 11 is 0. The lowest BCUT2D eigenvalue weighted by Crippen LogP contribution is -2.23. The first kappa shape index (κ1) is 11.1. The van der Waals surface area contributed by atoms with Crippen LogP contribution in [-0.4, -0.2) is 25.9 Å². The van der Waals surface area contributed by atoms with Crippen molar-refractivity contribution >= 4 is 10.9 Å². The van der Waals surface area contributed by atoms with Crippen LogP contribution >= 0.6 is 0 Å². The van der Waals surface area contributed by atoms with Crippen LogP contribution in [0.25, 0.3) is 0 Å². The van der Waals surface area contributed by atoms with Gasteiger partial charge in [-0.05, 0) is 5.56 Å².